The van der Waals surface area contributed by atoms with Crippen molar-refractivity contribution in [3.8, 4) is 5.75 Å². The van der Waals surface area contributed by atoms with Gasteiger partial charge in [0.2, 0.25) is 0 Å². The fourth-order valence-electron chi connectivity index (χ4n) is 4.03. The van der Waals surface area contributed by atoms with E-state index in [9.17, 15) is 4.79 Å². The summed E-state index contributed by atoms with van der Waals surface area (Å²) in [6.45, 7) is 8.92. The largest absolute Gasteiger partial charge is 0.486 e. The van der Waals surface area contributed by atoms with E-state index in [1.807, 2.05) is 46.7 Å². The Bertz CT molecular complexity index is 1090. The van der Waals surface area contributed by atoms with E-state index in [1.165, 1.54) is 18.4 Å². The lowest BCUT2D eigenvalue weighted by Gasteiger charge is -2.25. The molecular formula is C26H30BrN3O2S. The highest BCUT2D eigenvalue weighted by molar-refractivity contribution is 9.10. The van der Waals surface area contributed by atoms with Crippen molar-refractivity contribution in [1.82, 2.24) is 14.8 Å². The average Bonchev–Trinajstić information content (AvgIpc) is 3.49. The predicted octanol–water partition coefficient (Wildman–Crippen LogP) is 5.84. The number of hydrogen-bond acceptors (Lipinski definition) is 5. The van der Waals surface area contributed by atoms with Crippen molar-refractivity contribution in [2.45, 2.75) is 39.8 Å². The first-order valence-corrected chi connectivity index (χ1v) is 13.1. The van der Waals surface area contributed by atoms with Gasteiger partial charge in [0.05, 0.1) is 12.2 Å². The van der Waals surface area contributed by atoms with Gasteiger partial charge in [-0.3, -0.25) is 4.79 Å². The summed E-state index contributed by atoms with van der Waals surface area (Å²) in [6.07, 6.45) is 2.49. The first-order valence-electron chi connectivity index (χ1n) is 11.4. The number of aryl methyl sites for hydroxylation is 1. The van der Waals surface area contributed by atoms with Crippen LogP contribution in [0.2, 0.25) is 0 Å². The highest BCUT2D eigenvalue weighted by atomic mass is 79.9. The van der Waals surface area contributed by atoms with Gasteiger partial charge in [-0.2, -0.15) is 0 Å². The summed E-state index contributed by atoms with van der Waals surface area (Å²) < 4.78 is 6.93. The fraction of sp³-hybridized carbons (Fsp3) is 0.385. The van der Waals surface area contributed by atoms with E-state index in [1.54, 1.807) is 11.3 Å². The average molecular weight is 529 g/mol. The van der Waals surface area contributed by atoms with Crippen LogP contribution in [0.25, 0.3) is 0 Å². The van der Waals surface area contributed by atoms with Gasteiger partial charge in [-0.25, -0.2) is 4.98 Å². The number of thiazole rings is 1. The predicted molar refractivity (Wildman–Crippen MR) is 137 cm³/mol. The van der Waals surface area contributed by atoms with Crippen molar-refractivity contribution in [3.05, 3.63) is 79.7 Å². The number of rotatable bonds is 9. The molecule has 2 heterocycles. The third-order valence-corrected chi connectivity index (χ3v) is 7.47. The number of ether oxygens (including phenoxy) is 1. The minimum atomic E-state index is 0.0386. The van der Waals surface area contributed by atoms with Crippen LogP contribution in [-0.4, -0.2) is 46.9 Å². The van der Waals surface area contributed by atoms with Crippen LogP contribution in [0, 0.1) is 13.8 Å². The molecule has 3 aromatic rings. The van der Waals surface area contributed by atoms with Crippen molar-refractivity contribution in [2.75, 3.05) is 26.2 Å². The molecule has 0 saturated carbocycles. The Morgan fingerprint density at radius 2 is 1.97 bits per heavy atom. The number of halogens is 1. The molecule has 5 nitrogen and oxygen atoms in total. The van der Waals surface area contributed by atoms with Crippen LogP contribution in [0.4, 0.5) is 0 Å². The van der Waals surface area contributed by atoms with Crippen LogP contribution >= 0.6 is 27.3 Å². The number of carbonyl (C=O) groups is 1. The Morgan fingerprint density at radius 1 is 1.18 bits per heavy atom. The van der Waals surface area contributed by atoms with Crippen LogP contribution in [0.1, 0.15) is 45.0 Å². The highest BCUT2D eigenvalue weighted by Gasteiger charge is 2.20. The Kier molecular flexibility index (Phi) is 8.17. The normalized spacial score (nSPS) is 13.9. The lowest BCUT2D eigenvalue weighted by Crippen LogP contribution is -2.37. The molecule has 0 aliphatic carbocycles. The Labute approximate surface area is 208 Å². The van der Waals surface area contributed by atoms with Crippen LogP contribution < -0.4 is 4.74 Å². The maximum atomic E-state index is 13.3. The Balaban J connectivity index is 1.43. The first kappa shape index (κ1) is 23.9. The SMILES string of the molecule is Cc1cccc(OCc2nc(CN(CCN3CCCC3)C(=O)c3cccc(Br)c3)cs2)c1C. The topological polar surface area (TPSA) is 45.7 Å². The summed E-state index contributed by atoms with van der Waals surface area (Å²) in [5, 5.41) is 2.96. The number of aromatic nitrogens is 1. The van der Waals surface area contributed by atoms with Crippen molar-refractivity contribution >= 4 is 33.2 Å². The standard InChI is InChI=1S/C26H30BrN3O2S/c1-19-7-5-10-24(20(19)2)32-17-25-28-23(18-33-25)16-30(14-13-29-11-3-4-12-29)26(31)21-8-6-9-22(27)15-21/h5-10,15,18H,3-4,11-14,16-17H2,1-2H3. The molecule has 33 heavy (non-hydrogen) atoms. The molecule has 1 aliphatic heterocycles. The Morgan fingerprint density at radius 3 is 2.76 bits per heavy atom. The van der Waals surface area contributed by atoms with E-state index < -0.39 is 0 Å². The van der Waals surface area contributed by atoms with E-state index in [0.717, 1.165) is 46.1 Å². The zero-order chi connectivity index (χ0) is 23.2. The number of benzene rings is 2. The lowest BCUT2D eigenvalue weighted by molar-refractivity contribution is 0.0725. The maximum absolute atomic E-state index is 13.3. The summed E-state index contributed by atoms with van der Waals surface area (Å²) in [6, 6.07) is 13.7. The van der Waals surface area contributed by atoms with E-state index >= 15 is 0 Å². The molecule has 0 N–H and O–H groups in total. The zero-order valence-corrected chi connectivity index (χ0v) is 21.6. The van der Waals surface area contributed by atoms with Gasteiger partial charge in [0.15, 0.2) is 0 Å². The molecule has 0 bridgehead atoms. The second-order valence-electron chi connectivity index (χ2n) is 8.51. The van der Waals surface area contributed by atoms with E-state index in [0.29, 0.717) is 25.3 Å². The number of hydrogen-bond donors (Lipinski definition) is 0. The van der Waals surface area contributed by atoms with E-state index in [-0.39, 0.29) is 5.91 Å². The summed E-state index contributed by atoms with van der Waals surface area (Å²) in [5.74, 6) is 0.931. The number of amides is 1. The van der Waals surface area contributed by atoms with Crippen molar-refractivity contribution in [3.63, 3.8) is 0 Å². The van der Waals surface area contributed by atoms with Gasteiger partial charge < -0.3 is 14.5 Å². The molecule has 7 heteroatoms. The van der Waals surface area contributed by atoms with Crippen molar-refractivity contribution < 1.29 is 9.53 Å². The minimum absolute atomic E-state index is 0.0386. The molecule has 4 rings (SSSR count). The quantitative estimate of drug-likeness (QED) is 0.350. The molecule has 1 aliphatic rings. The number of carbonyl (C=O) groups excluding carboxylic acids is 1. The number of nitrogens with zero attached hydrogens (tertiary/aromatic N) is 3. The molecule has 0 radical (unpaired) electrons. The van der Waals surface area contributed by atoms with Gasteiger partial charge in [0, 0.05) is 28.5 Å². The van der Waals surface area contributed by atoms with Crippen molar-refractivity contribution in [1.29, 1.82) is 0 Å². The highest BCUT2D eigenvalue weighted by Crippen LogP contribution is 2.23. The maximum Gasteiger partial charge on any atom is 0.254 e. The summed E-state index contributed by atoms with van der Waals surface area (Å²) in [5.41, 5.74) is 3.97. The van der Waals surface area contributed by atoms with Crippen LogP contribution in [0.15, 0.2) is 52.3 Å². The monoisotopic (exact) mass is 527 g/mol. The second kappa shape index (κ2) is 11.3. The van der Waals surface area contributed by atoms with E-state index in [4.69, 9.17) is 9.72 Å². The van der Waals surface area contributed by atoms with Gasteiger partial charge in [-0.1, -0.05) is 34.1 Å². The molecule has 174 valence electrons. The molecule has 1 fully saturated rings. The molecular weight excluding hydrogens is 498 g/mol. The summed E-state index contributed by atoms with van der Waals surface area (Å²) in [7, 11) is 0. The van der Waals surface area contributed by atoms with Crippen LogP contribution in [0.3, 0.4) is 0 Å². The second-order valence-corrected chi connectivity index (χ2v) is 10.4. The van der Waals surface area contributed by atoms with Gasteiger partial charge in [-0.05, 0) is 75.2 Å². The van der Waals surface area contributed by atoms with Gasteiger partial charge in [-0.15, -0.1) is 11.3 Å². The molecule has 1 aromatic heterocycles. The summed E-state index contributed by atoms with van der Waals surface area (Å²) in [4.78, 5) is 22.5. The fourth-order valence-corrected chi connectivity index (χ4v) is 5.12. The third-order valence-electron chi connectivity index (χ3n) is 6.10. The minimum Gasteiger partial charge on any atom is -0.486 e. The smallest absolute Gasteiger partial charge is 0.254 e. The Hall–Kier alpha value is -2.22. The third kappa shape index (κ3) is 6.43. The molecule has 2 aromatic carbocycles. The molecule has 0 atom stereocenters. The molecule has 1 saturated heterocycles. The molecule has 0 unspecified atom stereocenters. The molecule has 1 amide bonds. The van der Waals surface area contributed by atoms with Crippen LogP contribution in [0.5, 0.6) is 5.75 Å². The summed E-state index contributed by atoms with van der Waals surface area (Å²) >= 11 is 5.07. The zero-order valence-electron chi connectivity index (χ0n) is 19.2. The van der Waals surface area contributed by atoms with Crippen molar-refractivity contribution in [2.24, 2.45) is 0 Å². The van der Waals surface area contributed by atoms with Crippen LogP contribution in [-0.2, 0) is 13.2 Å². The first-order chi connectivity index (χ1) is 16.0. The van der Waals surface area contributed by atoms with Gasteiger partial charge >= 0.3 is 0 Å². The van der Waals surface area contributed by atoms with E-state index in [2.05, 4.69) is 40.7 Å². The van der Waals surface area contributed by atoms with Gasteiger partial charge in [0.25, 0.3) is 5.91 Å². The number of likely N-dealkylation sites (tertiary alicyclic amines) is 1. The molecule has 0 spiro atoms. The van der Waals surface area contributed by atoms with Gasteiger partial charge in [0.1, 0.15) is 17.4 Å². The lowest BCUT2D eigenvalue weighted by atomic mass is 10.1.